The van der Waals surface area contributed by atoms with E-state index in [0.717, 1.165) is 29.0 Å². The van der Waals surface area contributed by atoms with Gasteiger partial charge in [-0.05, 0) is 31.2 Å². The van der Waals surface area contributed by atoms with Crippen LogP contribution in [0.15, 0.2) is 54.6 Å². The molecule has 24 heavy (non-hydrogen) atoms. The summed E-state index contributed by atoms with van der Waals surface area (Å²) < 4.78 is 1.74. The summed E-state index contributed by atoms with van der Waals surface area (Å²) in [5.41, 5.74) is 4.99. The molecule has 0 aliphatic carbocycles. The van der Waals surface area contributed by atoms with Crippen molar-refractivity contribution < 1.29 is 4.79 Å². The molecule has 0 unspecified atom stereocenters. The molecule has 0 N–H and O–H groups in total. The first-order chi connectivity index (χ1) is 11.6. The van der Waals surface area contributed by atoms with E-state index in [1.165, 1.54) is 10.5 Å². The van der Waals surface area contributed by atoms with E-state index in [4.69, 9.17) is 0 Å². The van der Waals surface area contributed by atoms with Gasteiger partial charge >= 0.3 is 0 Å². The molecule has 0 spiro atoms. The van der Waals surface area contributed by atoms with Gasteiger partial charge in [-0.1, -0.05) is 29.8 Å². The minimum absolute atomic E-state index is 0.361. The van der Waals surface area contributed by atoms with Crippen LogP contribution in [-0.2, 0) is 4.79 Å². The fourth-order valence-electron chi connectivity index (χ4n) is 2.45. The number of aromatic nitrogens is 2. The van der Waals surface area contributed by atoms with E-state index >= 15 is 0 Å². The van der Waals surface area contributed by atoms with E-state index in [-0.39, 0.29) is 0 Å². The third-order valence-corrected chi connectivity index (χ3v) is 3.83. The summed E-state index contributed by atoms with van der Waals surface area (Å²) in [6.45, 7) is 2.03. The molecule has 0 radical (unpaired) electrons. The Bertz CT molecular complexity index is 902. The lowest BCUT2D eigenvalue weighted by Crippen LogP contribution is -2.13. The first-order valence-corrected chi connectivity index (χ1v) is 7.48. The number of rotatable bonds is 4. The van der Waals surface area contributed by atoms with Crippen LogP contribution in [0.3, 0.4) is 0 Å². The van der Waals surface area contributed by atoms with Crippen molar-refractivity contribution in [1.29, 1.82) is 5.26 Å². The van der Waals surface area contributed by atoms with Crippen molar-refractivity contribution in [3.63, 3.8) is 0 Å². The van der Waals surface area contributed by atoms with Crippen LogP contribution >= 0.6 is 0 Å². The number of nitriles is 1. The van der Waals surface area contributed by atoms with Crippen molar-refractivity contribution in [3.8, 4) is 23.0 Å². The third kappa shape index (κ3) is 2.90. The van der Waals surface area contributed by atoms with Gasteiger partial charge in [0.25, 0.3) is 0 Å². The topological polar surface area (TPSA) is 61.9 Å². The van der Waals surface area contributed by atoms with Gasteiger partial charge in [0.2, 0.25) is 6.41 Å². The zero-order chi connectivity index (χ0) is 17.1. The average molecular weight is 316 g/mol. The van der Waals surface area contributed by atoms with Crippen molar-refractivity contribution in [2.75, 3.05) is 11.9 Å². The van der Waals surface area contributed by atoms with E-state index in [0.29, 0.717) is 5.69 Å². The second kappa shape index (κ2) is 6.39. The van der Waals surface area contributed by atoms with E-state index in [1.807, 2.05) is 55.5 Å². The van der Waals surface area contributed by atoms with Gasteiger partial charge in [0.15, 0.2) is 5.69 Å². The smallest absolute Gasteiger partial charge is 0.213 e. The molecule has 3 aromatic rings. The van der Waals surface area contributed by atoms with Gasteiger partial charge in [-0.3, -0.25) is 4.79 Å². The summed E-state index contributed by atoms with van der Waals surface area (Å²) in [4.78, 5) is 12.3. The number of amides is 1. The summed E-state index contributed by atoms with van der Waals surface area (Å²) in [7, 11) is 1.70. The van der Waals surface area contributed by atoms with Crippen LogP contribution in [0, 0.1) is 18.3 Å². The minimum Gasteiger partial charge on any atom is -0.318 e. The molecule has 0 aliphatic heterocycles. The summed E-state index contributed by atoms with van der Waals surface area (Å²) >= 11 is 0. The SMILES string of the molecule is Cc1ccc(-c2cc(C#N)nn2-c2ccc(N(C)C=O)cc2)cc1. The zero-order valence-electron chi connectivity index (χ0n) is 13.5. The number of carbonyl (C=O) groups is 1. The normalized spacial score (nSPS) is 10.2. The van der Waals surface area contributed by atoms with Crippen molar-refractivity contribution in [2.45, 2.75) is 6.92 Å². The van der Waals surface area contributed by atoms with E-state index in [9.17, 15) is 10.1 Å². The van der Waals surface area contributed by atoms with Gasteiger partial charge in [-0.15, -0.1) is 0 Å². The van der Waals surface area contributed by atoms with Crippen molar-refractivity contribution in [3.05, 3.63) is 65.9 Å². The highest BCUT2D eigenvalue weighted by Gasteiger charge is 2.12. The minimum atomic E-state index is 0.361. The van der Waals surface area contributed by atoms with E-state index in [1.54, 1.807) is 17.8 Å². The van der Waals surface area contributed by atoms with E-state index < -0.39 is 0 Å². The largest absolute Gasteiger partial charge is 0.318 e. The van der Waals surface area contributed by atoms with Gasteiger partial charge in [-0.25, -0.2) is 4.68 Å². The molecule has 0 bridgehead atoms. The maximum Gasteiger partial charge on any atom is 0.213 e. The Morgan fingerprint density at radius 3 is 2.38 bits per heavy atom. The Labute approximate surface area is 140 Å². The predicted molar refractivity (Wildman–Crippen MR) is 92.9 cm³/mol. The fraction of sp³-hybridized carbons (Fsp3) is 0.105. The zero-order valence-corrected chi connectivity index (χ0v) is 13.5. The standard InChI is InChI=1S/C19H16N4O/c1-14-3-5-15(6-4-14)19-11-16(12-20)21-23(19)18-9-7-17(8-10-18)22(2)13-24/h3-11,13H,1-2H3. The monoisotopic (exact) mass is 316 g/mol. The van der Waals surface area contributed by atoms with Gasteiger partial charge < -0.3 is 4.90 Å². The van der Waals surface area contributed by atoms with E-state index in [2.05, 4.69) is 11.2 Å². The molecular weight excluding hydrogens is 300 g/mol. The molecule has 1 aromatic heterocycles. The summed E-state index contributed by atoms with van der Waals surface area (Å²) in [6.07, 6.45) is 0.758. The highest BCUT2D eigenvalue weighted by atomic mass is 16.1. The Morgan fingerprint density at radius 2 is 1.79 bits per heavy atom. The second-order valence-corrected chi connectivity index (χ2v) is 5.54. The predicted octanol–water partition coefficient (Wildman–Crippen LogP) is 3.31. The maximum atomic E-state index is 10.8. The number of hydrogen-bond acceptors (Lipinski definition) is 3. The average Bonchev–Trinajstić information content (AvgIpc) is 3.06. The number of aryl methyl sites for hydroxylation is 1. The molecule has 0 saturated carbocycles. The first-order valence-electron chi connectivity index (χ1n) is 7.48. The Morgan fingerprint density at radius 1 is 1.12 bits per heavy atom. The van der Waals surface area contributed by atoms with Crippen LogP contribution in [0.25, 0.3) is 16.9 Å². The Hall–Kier alpha value is -3.39. The van der Waals surface area contributed by atoms with Crippen molar-refractivity contribution in [2.24, 2.45) is 0 Å². The van der Waals surface area contributed by atoms with Crippen LogP contribution in [-0.4, -0.2) is 23.2 Å². The molecule has 118 valence electrons. The first kappa shape index (κ1) is 15.5. The maximum absolute atomic E-state index is 10.8. The second-order valence-electron chi connectivity index (χ2n) is 5.54. The van der Waals surface area contributed by atoms with Crippen LogP contribution in [0.4, 0.5) is 5.69 Å². The molecule has 3 rings (SSSR count). The van der Waals surface area contributed by atoms with Gasteiger partial charge in [0.1, 0.15) is 6.07 Å². The van der Waals surface area contributed by atoms with Crippen LogP contribution in [0.5, 0.6) is 0 Å². The molecule has 5 heteroatoms. The molecule has 2 aromatic carbocycles. The number of benzene rings is 2. The Balaban J connectivity index is 2.07. The lowest BCUT2D eigenvalue weighted by atomic mass is 10.1. The van der Waals surface area contributed by atoms with Gasteiger partial charge in [0.05, 0.1) is 11.4 Å². The van der Waals surface area contributed by atoms with Crippen LogP contribution in [0.1, 0.15) is 11.3 Å². The Kier molecular flexibility index (Phi) is 4.13. The molecule has 5 nitrogen and oxygen atoms in total. The number of carbonyl (C=O) groups excluding carboxylic acids is 1. The summed E-state index contributed by atoms with van der Waals surface area (Å²) in [6, 6.07) is 19.4. The molecule has 0 aliphatic rings. The number of hydrogen-bond donors (Lipinski definition) is 0. The summed E-state index contributed by atoms with van der Waals surface area (Å²) in [5.74, 6) is 0. The lowest BCUT2D eigenvalue weighted by molar-refractivity contribution is -0.107. The lowest BCUT2D eigenvalue weighted by Gasteiger charge is -2.12. The fourth-order valence-corrected chi connectivity index (χ4v) is 2.45. The molecule has 1 amide bonds. The quantitative estimate of drug-likeness (QED) is 0.694. The molecule has 0 saturated heterocycles. The van der Waals surface area contributed by atoms with Crippen LogP contribution < -0.4 is 4.90 Å². The van der Waals surface area contributed by atoms with Crippen molar-refractivity contribution >= 4 is 12.1 Å². The summed E-state index contributed by atoms with van der Waals surface area (Å²) in [5, 5.41) is 13.6. The molecular formula is C19H16N4O. The third-order valence-electron chi connectivity index (χ3n) is 3.83. The van der Waals surface area contributed by atoms with Crippen molar-refractivity contribution in [1.82, 2.24) is 9.78 Å². The highest BCUT2D eigenvalue weighted by molar-refractivity contribution is 5.74. The number of nitrogens with zero attached hydrogens (tertiary/aromatic N) is 4. The van der Waals surface area contributed by atoms with Crippen LogP contribution in [0.2, 0.25) is 0 Å². The molecule has 1 heterocycles. The molecule has 0 atom stereocenters. The number of anilines is 1. The van der Waals surface area contributed by atoms with Gasteiger partial charge in [0, 0.05) is 24.4 Å². The highest BCUT2D eigenvalue weighted by Crippen LogP contribution is 2.25. The molecule has 0 fully saturated rings. The van der Waals surface area contributed by atoms with Gasteiger partial charge in [-0.2, -0.15) is 10.4 Å².